The Morgan fingerprint density at radius 1 is 1.23 bits per heavy atom. The third-order valence-corrected chi connectivity index (χ3v) is 9.41. The minimum Gasteiger partial charge on any atom is -0.504 e. The third-order valence-electron chi connectivity index (χ3n) is 9.41. The highest BCUT2D eigenvalue weighted by atomic mass is 35.5. The van der Waals surface area contributed by atoms with Crippen molar-refractivity contribution in [3.8, 4) is 11.5 Å². The molecule has 1 saturated heterocycles. The quantitative estimate of drug-likeness (QED) is 0.490. The molecule has 2 aliphatic heterocycles. The number of amides is 1. The van der Waals surface area contributed by atoms with Gasteiger partial charge in [0.1, 0.15) is 6.10 Å². The molecule has 7 rings (SSSR count). The Hall–Kier alpha value is -2.22. The van der Waals surface area contributed by atoms with Crippen LogP contribution in [0.25, 0.3) is 0 Å². The van der Waals surface area contributed by atoms with Crippen LogP contribution >= 0.6 is 12.4 Å². The molecule has 3 fully saturated rings. The van der Waals surface area contributed by atoms with Crippen molar-refractivity contribution in [2.24, 2.45) is 5.92 Å². The van der Waals surface area contributed by atoms with Crippen LogP contribution in [0.4, 0.5) is 0 Å². The van der Waals surface area contributed by atoms with E-state index in [9.17, 15) is 15.0 Å². The highest BCUT2D eigenvalue weighted by molar-refractivity contribution is 5.85. The number of aromatic nitrogens is 1. The number of likely N-dealkylation sites (tertiary alicyclic amines) is 1. The lowest BCUT2D eigenvalue weighted by Gasteiger charge is -2.64. The van der Waals surface area contributed by atoms with Crippen LogP contribution in [0.15, 0.2) is 30.6 Å². The number of nitrogens with zero attached hydrogens (tertiary/aromatic N) is 1. The molecule has 188 valence electrons. The lowest BCUT2D eigenvalue weighted by Crippen LogP contribution is -2.78. The number of carbonyl (C=O) groups excluding carboxylic acids is 1. The zero-order valence-corrected chi connectivity index (χ0v) is 20.7. The Balaban J connectivity index is 0.00000229. The van der Waals surface area contributed by atoms with Crippen LogP contribution in [0.5, 0.6) is 11.5 Å². The average Bonchev–Trinajstić information content (AvgIpc) is 3.33. The molecule has 3 heterocycles. The number of halogens is 1. The van der Waals surface area contributed by atoms with Crippen LogP contribution in [-0.4, -0.2) is 62.9 Å². The van der Waals surface area contributed by atoms with Gasteiger partial charge in [0.25, 0.3) is 0 Å². The highest BCUT2D eigenvalue weighted by Crippen LogP contribution is 2.65. The van der Waals surface area contributed by atoms with Gasteiger partial charge in [-0.25, -0.2) is 0 Å². The maximum atomic E-state index is 12.9. The lowest BCUT2D eigenvalue weighted by atomic mass is 9.48. The van der Waals surface area contributed by atoms with Gasteiger partial charge in [-0.3, -0.25) is 9.69 Å². The van der Waals surface area contributed by atoms with Gasteiger partial charge in [-0.1, -0.05) is 6.07 Å². The van der Waals surface area contributed by atoms with Gasteiger partial charge in [-0.05, 0) is 80.7 Å². The van der Waals surface area contributed by atoms with Crippen molar-refractivity contribution in [1.82, 2.24) is 15.2 Å². The van der Waals surface area contributed by atoms with E-state index in [1.165, 1.54) is 18.4 Å². The van der Waals surface area contributed by atoms with E-state index in [4.69, 9.17) is 4.74 Å². The largest absolute Gasteiger partial charge is 0.504 e. The van der Waals surface area contributed by atoms with Crippen LogP contribution < -0.4 is 10.1 Å². The number of piperidine rings is 1. The standard InChI is InChI=1S/C27H33N3O4.ClH/c31-20-5-4-18-13-21-27(33)9-7-19(29-22(32)6-3-16-8-11-28-14-16)25-26(27,23(18)24(20)34-25)10-12-30(21)15-17-1-2-17;/h4-5,8,11,14,17,19,21,25,28,31,33H,1-3,6-7,9-10,12-13,15H2,(H,29,32);1H/t19-,21+,25-,26-,27+;/m0./s1. The number of aliphatic hydroxyl groups is 1. The van der Waals surface area contributed by atoms with Crippen LogP contribution in [0.2, 0.25) is 0 Å². The molecule has 4 N–H and O–H groups in total. The van der Waals surface area contributed by atoms with Crippen molar-refractivity contribution in [3.05, 3.63) is 47.3 Å². The number of aromatic amines is 1. The molecule has 0 radical (unpaired) electrons. The predicted octanol–water partition coefficient (Wildman–Crippen LogP) is 2.82. The molecule has 0 unspecified atom stereocenters. The molecule has 1 aromatic carbocycles. The number of carbonyl (C=O) groups is 1. The number of hydrogen-bond donors (Lipinski definition) is 4. The van der Waals surface area contributed by atoms with Crippen LogP contribution in [0.1, 0.15) is 55.2 Å². The van der Waals surface area contributed by atoms with Gasteiger partial charge >= 0.3 is 0 Å². The maximum Gasteiger partial charge on any atom is 0.220 e. The lowest BCUT2D eigenvalue weighted by molar-refractivity contribution is -0.192. The first kappa shape index (κ1) is 23.2. The van der Waals surface area contributed by atoms with Gasteiger partial charge in [0.05, 0.1) is 17.1 Å². The summed E-state index contributed by atoms with van der Waals surface area (Å²) >= 11 is 0. The van der Waals surface area contributed by atoms with Gasteiger partial charge in [0, 0.05) is 37.0 Å². The molecular weight excluding hydrogens is 466 g/mol. The van der Waals surface area contributed by atoms with E-state index in [0.29, 0.717) is 31.4 Å². The molecule has 1 amide bonds. The summed E-state index contributed by atoms with van der Waals surface area (Å²) in [5.74, 6) is 1.45. The molecule has 2 saturated carbocycles. The molecule has 35 heavy (non-hydrogen) atoms. The second-order valence-electron chi connectivity index (χ2n) is 11.2. The number of nitrogens with one attached hydrogen (secondary N) is 2. The van der Waals surface area contributed by atoms with E-state index in [1.54, 1.807) is 6.07 Å². The number of ether oxygens (including phenoxy) is 1. The first-order valence-electron chi connectivity index (χ1n) is 12.9. The van der Waals surface area contributed by atoms with E-state index >= 15 is 0 Å². The number of aryl methyl sites for hydroxylation is 1. The first-order valence-corrected chi connectivity index (χ1v) is 12.9. The van der Waals surface area contributed by atoms with Crippen molar-refractivity contribution >= 4 is 18.3 Å². The van der Waals surface area contributed by atoms with E-state index in [-0.39, 0.29) is 42.3 Å². The Morgan fingerprint density at radius 3 is 2.86 bits per heavy atom. The molecule has 1 aromatic heterocycles. The number of hydrogen-bond acceptors (Lipinski definition) is 5. The second-order valence-corrected chi connectivity index (χ2v) is 11.2. The Morgan fingerprint density at radius 2 is 2.09 bits per heavy atom. The molecular formula is C27H34ClN3O4. The van der Waals surface area contributed by atoms with Crippen molar-refractivity contribution in [1.29, 1.82) is 0 Å². The summed E-state index contributed by atoms with van der Waals surface area (Å²) in [6.07, 6.45) is 10.0. The summed E-state index contributed by atoms with van der Waals surface area (Å²) in [7, 11) is 0. The topological polar surface area (TPSA) is 97.8 Å². The van der Waals surface area contributed by atoms with Crippen LogP contribution in [0, 0.1) is 5.92 Å². The highest BCUT2D eigenvalue weighted by Gasteiger charge is 2.73. The minimum absolute atomic E-state index is 0. The molecule has 2 bridgehead atoms. The third kappa shape index (κ3) is 3.27. The van der Waals surface area contributed by atoms with Crippen molar-refractivity contribution in [2.75, 3.05) is 13.1 Å². The van der Waals surface area contributed by atoms with Crippen LogP contribution in [-0.2, 0) is 23.1 Å². The Kier molecular flexibility index (Phi) is 5.40. The van der Waals surface area contributed by atoms with E-state index in [0.717, 1.165) is 43.0 Å². The molecule has 5 atom stereocenters. The SMILES string of the molecule is Cl.O=C(CCc1cc[nH]c1)N[C@H]1CC[C@@]2(O)[C@H]3Cc4ccc(O)c5c4[C@@]2(CCN3CC2CC2)[C@H]1O5. The molecule has 7 nitrogen and oxygen atoms in total. The summed E-state index contributed by atoms with van der Waals surface area (Å²) in [6.45, 7) is 1.99. The van der Waals surface area contributed by atoms with E-state index in [2.05, 4.69) is 15.2 Å². The maximum absolute atomic E-state index is 12.9. The normalized spacial score (nSPS) is 34.5. The summed E-state index contributed by atoms with van der Waals surface area (Å²) in [5, 5.41) is 26.4. The summed E-state index contributed by atoms with van der Waals surface area (Å²) in [6, 6.07) is 5.62. The Bertz CT molecular complexity index is 1140. The fourth-order valence-electron chi connectivity index (χ4n) is 7.68. The van der Waals surface area contributed by atoms with Crippen molar-refractivity contribution < 1.29 is 19.7 Å². The summed E-state index contributed by atoms with van der Waals surface area (Å²) in [4.78, 5) is 18.5. The van der Waals surface area contributed by atoms with E-state index in [1.807, 2.05) is 24.5 Å². The number of rotatable bonds is 6. The fourth-order valence-corrected chi connectivity index (χ4v) is 7.68. The number of aromatic hydroxyl groups is 1. The second kappa shape index (κ2) is 8.15. The number of H-pyrrole nitrogens is 1. The molecule has 8 heteroatoms. The molecule has 3 aliphatic carbocycles. The van der Waals surface area contributed by atoms with Gasteiger partial charge in [-0.2, -0.15) is 0 Å². The predicted molar refractivity (Wildman–Crippen MR) is 133 cm³/mol. The van der Waals surface area contributed by atoms with Gasteiger partial charge in [0.2, 0.25) is 5.91 Å². The summed E-state index contributed by atoms with van der Waals surface area (Å²) in [5.41, 5.74) is 1.81. The van der Waals surface area contributed by atoms with Gasteiger partial charge in [-0.15, -0.1) is 12.4 Å². The summed E-state index contributed by atoms with van der Waals surface area (Å²) < 4.78 is 6.52. The van der Waals surface area contributed by atoms with Crippen molar-refractivity contribution in [2.45, 2.75) is 80.6 Å². The first-order chi connectivity index (χ1) is 16.5. The molecule has 5 aliphatic rings. The van der Waals surface area contributed by atoms with E-state index < -0.39 is 11.0 Å². The van der Waals surface area contributed by atoms with Crippen LogP contribution in [0.3, 0.4) is 0 Å². The average molecular weight is 500 g/mol. The number of benzene rings is 1. The Labute approximate surface area is 211 Å². The van der Waals surface area contributed by atoms with Gasteiger partial charge < -0.3 is 25.3 Å². The smallest absolute Gasteiger partial charge is 0.220 e. The zero-order chi connectivity index (χ0) is 23.1. The molecule has 1 spiro atoms. The minimum atomic E-state index is -0.913. The van der Waals surface area contributed by atoms with Gasteiger partial charge in [0.15, 0.2) is 11.5 Å². The fraction of sp³-hybridized carbons (Fsp3) is 0.593. The number of phenols is 1. The molecule has 2 aromatic rings. The number of phenolic OH excluding ortho intramolecular Hbond substituents is 1. The monoisotopic (exact) mass is 499 g/mol. The zero-order valence-electron chi connectivity index (χ0n) is 19.8. The van der Waals surface area contributed by atoms with Crippen molar-refractivity contribution in [3.63, 3.8) is 0 Å².